The van der Waals surface area contributed by atoms with E-state index in [1.165, 1.54) is 0 Å². The molecule has 1 aliphatic heterocycles. The number of nitrogens with one attached hydrogen (secondary N) is 3. The molecule has 1 unspecified atom stereocenters. The van der Waals surface area contributed by atoms with Crippen LogP contribution in [0.15, 0.2) is 42.9 Å². The molecule has 5 rings (SSSR count). The van der Waals surface area contributed by atoms with E-state index in [2.05, 4.69) is 55.8 Å². The normalized spacial score (nSPS) is 18.8. The maximum Gasteiger partial charge on any atom is 0.233 e. The van der Waals surface area contributed by atoms with Crippen LogP contribution in [0.5, 0.6) is 5.88 Å². The summed E-state index contributed by atoms with van der Waals surface area (Å²) in [5, 5.41) is 27.5. The Bertz CT molecular complexity index is 1120. The number of hydrogen-bond donors (Lipinski definition) is 3. The lowest BCUT2D eigenvalue weighted by Gasteiger charge is -2.36. The van der Waals surface area contributed by atoms with Gasteiger partial charge in [0, 0.05) is 40.7 Å². The monoisotopic (exact) mass is 389 g/mol. The predicted molar refractivity (Wildman–Crippen MR) is 110 cm³/mol. The van der Waals surface area contributed by atoms with Crippen molar-refractivity contribution in [3.63, 3.8) is 0 Å². The van der Waals surface area contributed by atoms with Gasteiger partial charge in [0.1, 0.15) is 6.10 Å². The van der Waals surface area contributed by atoms with Gasteiger partial charge in [-0.3, -0.25) is 10.2 Å². The predicted octanol–water partition coefficient (Wildman–Crippen LogP) is 3.32. The SMILES string of the molecule is CC1(C)CC(Oc2ccc(-c3ccc(-c4cn[nH]c4)c4cn[nH]c34)nn2)CCN1. The summed E-state index contributed by atoms with van der Waals surface area (Å²) in [6.45, 7) is 5.34. The Morgan fingerprint density at radius 3 is 2.69 bits per heavy atom. The molecular weight excluding hydrogens is 366 g/mol. The zero-order valence-electron chi connectivity index (χ0n) is 16.4. The maximum absolute atomic E-state index is 6.08. The topological polar surface area (TPSA) is 104 Å². The highest BCUT2D eigenvalue weighted by Gasteiger charge is 2.28. The second kappa shape index (κ2) is 6.97. The molecule has 0 saturated carbocycles. The molecule has 1 saturated heterocycles. The third kappa shape index (κ3) is 3.47. The molecule has 0 amide bonds. The van der Waals surface area contributed by atoms with E-state index in [9.17, 15) is 0 Å². The van der Waals surface area contributed by atoms with Gasteiger partial charge in [-0.15, -0.1) is 10.2 Å². The van der Waals surface area contributed by atoms with E-state index in [1.807, 2.05) is 30.6 Å². The van der Waals surface area contributed by atoms with Crippen molar-refractivity contribution in [1.82, 2.24) is 35.9 Å². The van der Waals surface area contributed by atoms with Crippen molar-refractivity contribution in [2.24, 2.45) is 0 Å². The fourth-order valence-corrected chi connectivity index (χ4v) is 4.01. The zero-order chi connectivity index (χ0) is 19.8. The number of aromatic amines is 2. The van der Waals surface area contributed by atoms with Gasteiger partial charge >= 0.3 is 0 Å². The van der Waals surface area contributed by atoms with Crippen LogP contribution in [-0.2, 0) is 0 Å². The van der Waals surface area contributed by atoms with Crippen LogP contribution in [0.3, 0.4) is 0 Å². The van der Waals surface area contributed by atoms with Gasteiger partial charge in [0.05, 0.1) is 23.6 Å². The van der Waals surface area contributed by atoms with E-state index < -0.39 is 0 Å². The highest BCUT2D eigenvalue weighted by Crippen LogP contribution is 2.33. The van der Waals surface area contributed by atoms with E-state index in [0.29, 0.717) is 5.88 Å². The van der Waals surface area contributed by atoms with E-state index in [1.54, 1.807) is 6.20 Å². The molecule has 4 aromatic rings. The molecule has 0 bridgehead atoms. The Hall–Kier alpha value is -3.26. The lowest BCUT2D eigenvalue weighted by Crippen LogP contribution is -2.49. The molecule has 3 aromatic heterocycles. The molecule has 1 aromatic carbocycles. The van der Waals surface area contributed by atoms with Crippen LogP contribution in [-0.4, -0.2) is 48.8 Å². The van der Waals surface area contributed by atoms with Crippen LogP contribution in [0.1, 0.15) is 26.7 Å². The summed E-state index contributed by atoms with van der Waals surface area (Å²) in [6.07, 6.45) is 7.56. The zero-order valence-corrected chi connectivity index (χ0v) is 16.4. The standard InChI is InChI=1S/C21H23N7O/c1-21(2)9-14(7-8-22-21)29-19-6-5-18(26-27-19)16-4-3-15(13-10-23-24-11-13)17-12-25-28-20(16)17/h3-6,10-12,14,22H,7-9H2,1-2H3,(H,23,24)(H,25,28). The summed E-state index contributed by atoms with van der Waals surface area (Å²) in [7, 11) is 0. The first-order valence-electron chi connectivity index (χ1n) is 9.80. The van der Waals surface area contributed by atoms with E-state index >= 15 is 0 Å². The smallest absolute Gasteiger partial charge is 0.233 e. The van der Waals surface area contributed by atoms with Gasteiger partial charge in [-0.1, -0.05) is 6.07 Å². The molecule has 0 spiro atoms. The minimum atomic E-state index is 0.0826. The summed E-state index contributed by atoms with van der Waals surface area (Å²) in [4.78, 5) is 0. The molecule has 4 heterocycles. The third-order valence-corrected chi connectivity index (χ3v) is 5.44. The summed E-state index contributed by atoms with van der Waals surface area (Å²) in [5.74, 6) is 0.562. The van der Waals surface area contributed by atoms with Gasteiger partial charge in [0.15, 0.2) is 0 Å². The van der Waals surface area contributed by atoms with Gasteiger partial charge in [-0.05, 0) is 44.5 Å². The Balaban J connectivity index is 1.41. The number of piperidine rings is 1. The first-order chi connectivity index (χ1) is 14.1. The second-order valence-electron chi connectivity index (χ2n) is 8.11. The summed E-state index contributed by atoms with van der Waals surface area (Å²) < 4.78 is 6.08. The van der Waals surface area contributed by atoms with E-state index in [4.69, 9.17) is 4.74 Å². The largest absolute Gasteiger partial charge is 0.473 e. The fourth-order valence-electron chi connectivity index (χ4n) is 4.01. The number of H-pyrrole nitrogens is 2. The molecule has 1 aliphatic rings. The minimum Gasteiger partial charge on any atom is -0.473 e. The molecule has 0 aliphatic carbocycles. The maximum atomic E-state index is 6.08. The molecule has 0 radical (unpaired) electrons. The van der Waals surface area contributed by atoms with Crippen LogP contribution < -0.4 is 10.1 Å². The van der Waals surface area contributed by atoms with Crippen molar-refractivity contribution in [2.45, 2.75) is 38.3 Å². The number of benzene rings is 1. The molecule has 1 fully saturated rings. The lowest BCUT2D eigenvalue weighted by atomic mass is 9.91. The van der Waals surface area contributed by atoms with Gasteiger partial charge in [0.2, 0.25) is 5.88 Å². The molecular formula is C21H23N7O. The van der Waals surface area contributed by atoms with E-state index in [0.717, 1.165) is 52.7 Å². The number of fused-ring (bicyclic) bond motifs is 1. The molecule has 29 heavy (non-hydrogen) atoms. The number of aromatic nitrogens is 6. The second-order valence-corrected chi connectivity index (χ2v) is 8.11. The van der Waals surface area contributed by atoms with Crippen LogP contribution >= 0.6 is 0 Å². The lowest BCUT2D eigenvalue weighted by molar-refractivity contribution is 0.106. The summed E-state index contributed by atoms with van der Waals surface area (Å²) >= 11 is 0. The number of ether oxygens (including phenoxy) is 1. The van der Waals surface area contributed by atoms with Gasteiger partial charge < -0.3 is 10.1 Å². The van der Waals surface area contributed by atoms with Crippen molar-refractivity contribution in [3.8, 4) is 28.3 Å². The van der Waals surface area contributed by atoms with Gasteiger partial charge in [0.25, 0.3) is 0 Å². The molecule has 8 heteroatoms. The number of nitrogens with zero attached hydrogens (tertiary/aromatic N) is 4. The highest BCUT2D eigenvalue weighted by molar-refractivity contribution is 6.01. The van der Waals surface area contributed by atoms with Crippen molar-refractivity contribution in [3.05, 3.63) is 42.9 Å². The van der Waals surface area contributed by atoms with Crippen molar-refractivity contribution in [2.75, 3.05) is 6.54 Å². The quantitative estimate of drug-likeness (QED) is 0.495. The van der Waals surface area contributed by atoms with Crippen LogP contribution in [0, 0.1) is 0 Å². The molecule has 3 N–H and O–H groups in total. The van der Waals surface area contributed by atoms with Gasteiger partial charge in [-0.25, -0.2) is 0 Å². The van der Waals surface area contributed by atoms with Crippen molar-refractivity contribution < 1.29 is 4.74 Å². The third-order valence-electron chi connectivity index (χ3n) is 5.44. The molecule has 148 valence electrons. The first-order valence-corrected chi connectivity index (χ1v) is 9.80. The Kier molecular flexibility index (Phi) is 4.28. The fraction of sp³-hybridized carbons (Fsp3) is 0.333. The molecule has 8 nitrogen and oxygen atoms in total. The minimum absolute atomic E-state index is 0.0826. The Morgan fingerprint density at radius 1 is 1.03 bits per heavy atom. The average molecular weight is 389 g/mol. The number of hydrogen-bond acceptors (Lipinski definition) is 6. The Labute approximate surface area is 168 Å². The highest BCUT2D eigenvalue weighted by atomic mass is 16.5. The van der Waals surface area contributed by atoms with Crippen molar-refractivity contribution in [1.29, 1.82) is 0 Å². The van der Waals surface area contributed by atoms with Crippen LogP contribution in [0.2, 0.25) is 0 Å². The van der Waals surface area contributed by atoms with Gasteiger partial charge in [-0.2, -0.15) is 10.2 Å². The Morgan fingerprint density at radius 2 is 1.93 bits per heavy atom. The van der Waals surface area contributed by atoms with E-state index in [-0.39, 0.29) is 11.6 Å². The van der Waals surface area contributed by atoms with Crippen LogP contribution in [0.4, 0.5) is 0 Å². The van der Waals surface area contributed by atoms with Crippen molar-refractivity contribution >= 4 is 10.9 Å². The summed E-state index contributed by atoms with van der Waals surface area (Å²) in [6, 6.07) is 7.93. The first kappa shape index (κ1) is 17.8. The number of rotatable bonds is 4. The molecule has 1 atom stereocenters. The van der Waals surface area contributed by atoms with Crippen LogP contribution in [0.25, 0.3) is 33.3 Å². The summed E-state index contributed by atoms with van der Waals surface area (Å²) in [5.41, 5.74) is 4.81. The average Bonchev–Trinajstić information content (AvgIpc) is 3.39.